The van der Waals surface area contributed by atoms with Crippen molar-refractivity contribution < 1.29 is 4.74 Å². The van der Waals surface area contributed by atoms with Crippen LogP contribution in [0, 0.1) is 5.41 Å². The van der Waals surface area contributed by atoms with E-state index in [9.17, 15) is 0 Å². The maximum absolute atomic E-state index is 5.67. The molecule has 0 amide bonds. The van der Waals surface area contributed by atoms with Gasteiger partial charge in [0.25, 0.3) is 0 Å². The van der Waals surface area contributed by atoms with Gasteiger partial charge >= 0.3 is 0 Å². The molecule has 3 nitrogen and oxygen atoms in total. The standard InChI is InChI=1S/C14H24N2OS/c1-14(2,3)6-7-17-9-12-10-18-13(16-12)8-15-11-4-5-11/h10-11,15H,4-9H2,1-3H3. The topological polar surface area (TPSA) is 34.1 Å². The summed E-state index contributed by atoms with van der Waals surface area (Å²) in [6.45, 7) is 9.09. The van der Waals surface area contributed by atoms with Gasteiger partial charge in [-0.1, -0.05) is 20.8 Å². The predicted molar refractivity (Wildman–Crippen MR) is 75.7 cm³/mol. The summed E-state index contributed by atoms with van der Waals surface area (Å²) < 4.78 is 5.67. The molecule has 0 aromatic carbocycles. The summed E-state index contributed by atoms with van der Waals surface area (Å²) in [5, 5.41) is 6.77. The summed E-state index contributed by atoms with van der Waals surface area (Å²) in [6, 6.07) is 0.750. The molecule has 0 spiro atoms. The summed E-state index contributed by atoms with van der Waals surface area (Å²) >= 11 is 1.73. The summed E-state index contributed by atoms with van der Waals surface area (Å²) in [4.78, 5) is 4.57. The number of rotatable bonds is 7. The fraction of sp³-hybridized carbons (Fsp3) is 0.786. The third-order valence-electron chi connectivity index (χ3n) is 2.96. The molecule has 1 aliphatic rings. The van der Waals surface area contributed by atoms with Crippen LogP contribution in [-0.2, 0) is 17.9 Å². The Hall–Kier alpha value is -0.450. The third kappa shape index (κ3) is 5.46. The zero-order valence-electron chi connectivity index (χ0n) is 11.7. The number of ether oxygens (including phenoxy) is 1. The van der Waals surface area contributed by atoms with Gasteiger partial charge in [-0.25, -0.2) is 4.98 Å². The van der Waals surface area contributed by atoms with Crippen LogP contribution in [0.5, 0.6) is 0 Å². The van der Waals surface area contributed by atoms with Crippen LogP contribution in [0.3, 0.4) is 0 Å². The van der Waals surface area contributed by atoms with Crippen LogP contribution in [0.1, 0.15) is 50.7 Å². The smallest absolute Gasteiger partial charge is 0.107 e. The van der Waals surface area contributed by atoms with Crippen LogP contribution in [0.25, 0.3) is 0 Å². The molecular weight excluding hydrogens is 244 g/mol. The molecule has 4 heteroatoms. The highest BCUT2D eigenvalue weighted by molar-refractivity contribution is 7.09. The minimum absolute atomic E-state index is 0.349. The fourth-order valence-corrected chi connectivity index (χ4v) is 2.30. The average Bonchev–Trinajstić information content (AvgIpc) is 3.00. The zero-order chi connectivity index (χ0) is 13.0. The second-order valence-electron chi connectivity index (χ2n) is 6.25. The zero-order valence-corrected chi connectivity index (χ0v) is 12.5. The summed E-state index contributed by atoms with van der Waals surface area (Å²) in [5.74, 6) is 0. The molecule has 1 aliphatic carbocycles. The van der Waals surface area contributed by atoms with E-state index in [-0.39, 0.29) is 0 Å². The van der Waals surface area contributed by atoms with Gasteiger partial charge in [0.2, 0.25) is 0 Å². The SMILES string of the molecule is CC(C)(C)CCOCc1csc(CNC2CC2)n1. The summed E-state index contributed by atoms with van der Waals surface area (Å²) in [6.07, 6.45) is 3.75. The van der Waals surface area contributed by atoms with Gasteiger partial charge in [0.1, 0.15) is 5.01 Å². The van der Waals surface area contributed by atoms with Crippen molar-refractivity contribution in [2.45, 2.75) is 59.2 Å². The van der Waals surface area contributed by atoms with E-state index in [0.717, 1.165) is 31.3 Å². The fourth-order valence-electron chi connectivity index (χ4n) is 1.57. The number of nitrogens with zero attached hydrogens (tertiary/aromatic N) is 1. The van der Waals surface area contributed by atoms with E-state index in [2.05, 4.69) is 36.5 Å². The first kappa shape index (κ1) is 14.0. The molecule has 0 bridgehead atoms. The lowest BCUT2D eigenvalue weighted by molar-refractivity contribution is 0.0943. The molecule has 18 heavy (non-hydrogen) atoms. The van der Waals surface area contributed by atoms with Crippen LogP contribution in [0.2, 0.25) is 0 Å². The van der Waals surface area contributed by atoms with Gasteiger partial charge in [-0.3, -0.25) is 0 Å². The summed E-state index contributed by atoms with van der Waals surface area (Å²) in [5.41, 5.74) is 1.42. The average molecular weight is 268 g/mol. The molecule has 1 saturated carbocycles. The number of hydrogen-bond acceptors (Lipinski definition) is 4. The minimum atomic E-state index is 0.349. The van der Waals surface area contributed by atoms with Crippen LogP contribution in [0.15, 0.2) is 5.38 Å². The number of thiazole rings is 1. The first-order valence-corrected chi connectivity index (χ1v) is 7.65. The van der Waals surface area contributed by atoms with Gasteiger partial charge in [-0.15, -0.1) is 11.3 Å². The first-order valence-electron chi connectivity index (χ1n) is 6.77. The number of nitrogens with one attached hydrogen (secondary N) is 1. The van der Waals surface area contributed by atoms with E-state index in [0.29, 0.717) is 12.0 Å². The van der Waals surface area contributed by atoms with E-state index >= 15 is 0 Å². The summed E-state index contributed by atoms with van der Waals surface area (Å²) in [7, 11) is 0. The molecule has 102 valence electrons. The van der Waals surface area contributed by atoms with Gasteiger partial charge in [0.15, 0.2) is 0 Å². The molecule has 0 saturated heterocycles. The second kappa shape index (κ2) is 6.13. The number of aromatic nitrogens is 1. The third-order valence-corrected chi connectivity index (χ3v) is 3.86. The van der Waals surface area contributed by atoms with Crippen LogP contribution >= 0.6 is 11.3 Å². The normalized spacial score (nSPS) is 16.2. The molecule has 1 fully saturated rings. The van der Waals surface area contributed by atoms with E-state index in [1.807, 2.05) is 0 Å². The molecule has 1 N–H and O–H groups in total. The van der Waals surface area contributed by atoms with Gasteiger partial charge in [0, 0.05) is 24.6 Å². The highest BCUT2D eigenvalue weighted by Crippen LogP contribution is 2.20. The highest BCUT2D eigenvalue weighted by atomic mass is 32.1. The molecule has 1 aromatic heterocycles. The van der Waals surface area contributed by atoms with E-state index in [4.69, 9.17) is 4.74 Å². The van der Waals surface area contributed by atoms with Crippen molar-refractivity contribution in [1.82, 2.24) is 10.3 Å². The van der Waals surface area contributed by atoms with Crippen molar-refractivity contribution >= 4 is 11.3 Å². The van der Waals surface area contributed by atoms with Gasteiger partial charge in [0.05, 0.1) is 12.3 Å². The Balaban J connectivity index is 1.63. The van der Waals surface area contributed by atoms with E-state index < -0.39 is 0 Å². The van der Waals surface area contributed by atoms with Crippen LogP contribution in [0.4, 0.5) is 0 Å². The molecule has 0 radical (unpaired) electrons. The molecule has 1 heterocycles. The largest absolute Gasteiger partial charge is 0.375 e. The van der Waals surface area contributed by atoms with Crippen molar-refractivity contribution in [2.24, 2.45) is 5.41 Å². The van der Waals surface area contributed by atoms with Crippen molar-refractivity contribution in [1.29, 1.82) is 0 Å². The van der Waals surface area contributed by atoms with Gasteiger partial charge < -0.3 is 10.1 Å². The maximum Gasteiger partial charge on any atom is 0.107 e. The highest BCUT2D eigenvalue weighted by Gasteiger charge is 2.20. The van der Waals surface area contributed by atoms with Crippen molar-refractivity contribution in [3.05, 3.63) is 16.1 Å². The Kier molecular flexibility index (Phi) is 4.76. The lowest BCUT2D eigenvalue weighted by atomic mass is 9.93. The van der Waals surface area contributed by atoms with Gasteiger partial charge in [-0.05, 0) is 24.7 Å². The van der Waals surface area contributed by atoms with Crippen molar-refractivity contribution in [3.63, 3.8) is 0 Å². The first-order chi connectivity index (χ1) is 8.53. The predicted octanol–water partition coefficient (Wildman–Crippen LogP) is 3.35. The quantitative estimate of drug-likeness (QED) is 0.770. The Labute approximate surface area is 114 Å². The van der Waals surface area contributed by atoms with Crippen LogP contribution in [-0.4, -0.2) is 17.6 Å². The van der Waals surface area contributed by atoms with Crippen molar-refractivity contribution in [3.8, 4) is 0 Å². The molecule has 0 unspecified atom stereocenters. The van der Waals surface area contributed by atoms with E-state index in [1.165, 1.54) is 17.8 Å². The Bertz CT molecular complexity index is 366. The Morgan fingerprint density at radius 3 is 2.89 bits per heavy atom. The lowest BCUT2D eigenvalue weighted by Gasteiger charge is -2.17. The Morgan fingerprint density at radius 2 is 2.22 bits per heavy atom. The molecule has 0 atom stereocenters. The Morgan fingerprint density at radius 1 is 1.44 bits per heavy atom. The second-order valence-corrected chi connectivity index (χ2v) is 7.19. The maximum atomic E-state index is 5.67. The number of hydrogen-bond donors (Lipinski definition) is 1. The molecule has 0 aliphatic heterocycles. The van der Waals surface area contributed by atoms with Gasteiger partial charge in [-0.2, -0.15) is 0 Å². The van der Waals surface area contributed by atoms with Crippen LogP contribution < -0.4 is 5.32 Å². The minimum Gasteiger partial charge on any atom is -0.375 e. The molecular formula is C14H24N2OS. The van der Waals surface area contributed by atoms with E-state index in [1.54, 1.807) is 11.3 Å². The molecule has 1 aromatic rings. The molecule has 2 rings (SSSR count). The van der Waals surface area contributed by atoms with Crippen molar-refractivity contribution in [2.75, 3.05) is 6.61 Å². The monoisotopic (exact) mass is 268 g/mol. The lowest BCUT2D eigenvalue weighted by Crippen LogP contribution is -2.15.